The smallest absolute Gasteiger partial charge is 0.129 e. The van der Waals surface area contributed by atoms with Crippen molar-refractivity contribution in [2.75, 3.05) is 5.32 Å². The SMILES string of the molecule is C[C@@]1(c2cncnc2)CCc2cccnc2N1. The van der Waals surface area contributed by atoms with Crippen molar-refractivity contribution in [3.8, 4) is 0 Å². The maximum atomic E-state index is 4.39. The molecule has 0 unspecified atom stereocenters. The van der Waals surface area contributed by atoms with Crippen molar-refractivity contribution >= 4 is 5.82 Å². The van der Waals surface area contributed by atoms with E-state index in [1.807, 2.05) is 24.7 Å². The Morgan fingerprint density at radius 2 is 2.12 bits per heavy atom. The number of fused-ring (bicyclic) bond motifs is 1. The van der Waals surface area contributed by atoms with Crippen LogP contribution < -0.4 is 5.32 Å². The van der Waals surface area contributed by atoms with Gasteiger partial charge in [0.25, 0.3) is 0 Å². The third-order valence-corrected chi connectivity index (χ3v) is 3.38. The van der Waals surface area contributed by atoms with Crippen LogP contribution in [0.2, 0.25) is 0 Å². The molecule has 1 aliphatic rings. The average Bonchev–Trinajstić information content (AvgIpc) is 2.40. The largest absolute Gasteiger partial charge is 0.360 e. The highest BCUT2D eigenvalue weighted by atomic mass is 15.1. The van der Waals surface area contributed by atoms with Gasteiger partial charge in [-0.05, 0) is 31.4 Å². The molecule has 86 valence electrons. The maximum absolute atomic E-state index is 4.39. The molecule has 1 atom stereocenters. The fourth-order valence-electron chi connectivity index (χ4n) is 2.26. The van der Waals surface area contributed by atoms with Crippen LogP contribution in [-0.2, 0) is 12.0 Å². The molecule has 1 N–H and O–H groups in total. The lowest BCUT2D eigenvalue weighted by Gasteiger charge is -2.36. The van der Waals surface area contributed by atoms with Gasteiger partial charge in [0.1, 0.15) is 12.1 Å². The molecule has 0 amide bonds. The summed E-state index contributed by atoms with van der Waals surface area (Å²) in [6.45, 7) is 2.17. The molecule has 1 aliphatic heterocycles. The highest BCUT2D eigenvalue weighted by molar-refractivity contribution is 5.50. The van der Waals surface area contributed by atoms with E-state index in [-0.39, 0.29) is 5.54 Å². The van der Waals surface area contributed by atoms with Gasteiger partial charge in [0.05, 0.1) is 5.54 Å². The molecule has 0 fully saturated rings. The highest BCUT2D eigenvalue weighted by Gasteiger charge is 2.31. The van der Waals surface area contributed by atoms with Crippen molar-refractivity contribution in [3.63, 3.8) is 0 Å². The summed E-state index contributed by atoms with van der Waals surface area (Å²) < 4.78 is 0. The molecule has 0 saturated heterocycles. The molecule has 0 aromatic carbocycles. The molecular formula is C13H14N4. The monoisotopic (exact) mass is 226 g/mol. The molecule has 0 radical (unpaired) electrons. The summed E-state index contributed by atoms with van der Waals surface area (Å²) in [4.78, 5) is 12.6. The van der Waals surface area contributed by atoms with Gasteiger partial charge in [-0.1, -0.05) is 6.07 Å². The minimum Gasteiger partial charge on any atom is -0.360 e. The second-order valence-corrected chi connectivity index (χ2v) is 4.60. The minimum absolute atomic E-state index is 0.122. The minimum atomic E-state index is -0.122. The van der Waals surface area contributed by atoms with Gasteiger partial charge in [-0.15, -0.1) is 0 Å². The summed E-state index contributed by atoms with van der Waals surface area (Å²) in [5.74, 6) is 0.977. The predicted molar refractivity (Wildman–Crippen MR) is 65.6 cm³/mol. The van der Waals surface area contributed by atoms with Crippen molar-refractivity contribution < 1.29 is 0 Å². The number of hydrogen-bond donors (Lipinski definition) is 1. The molecule has 2 aromatic heterocycles. The standard InChI is InChI=1S/C13H14N4/c1-13(11-7-14-9-15-8-11)5-4-10-3-2-6-16-12(10)17-13/h2-3,6-9H,4-5H2,1H3,(H,16,17)/t13-/m0/s1. The number of nitrogens with zero attached hydrogens (tertiary/aromatic N) is 3. The van der Waals surface area contributed by atoms with E-state index in [4.69, 9.17) is 0 Å². The van der Waals surface area contributed by atoms with Gasteiger partial charge < -0.3 is 5.32 Å². The van der Waals surface area contributed by atoms with E-state index in [2.05, 4.69) is 33.3 Å². The predicted octanol–water partition coefficient (Wildman–Crippen LogP) is 2.15. The van der Waals surface area contributed by atoms with Crippen LogP contribution in [0.4, 0.5) is 5.82 Å². The van der Waals surface area contributed by atoms with Crippen molar-refractivity contribution in [2.45, 2.75) is 25.3 Å². The average molecular weight is 226 g/mol. The second-order valence-electron chi connectivity index (χ2n) is 4.60. The Morgan fingerprint density at radius 3 is 2.94 bits per heavy atom. The van der Waals surface area contributed by atoms with Crippen LogP contribution in [0.3, 0.4) is 0 Å². The van der Waals surface area contributed by atoms with Crippen molar-refractivity contribution in [3.05, 3.63) is 48.2 Å². The number of nitrogens with one attached hydrogen (secondary N) is 1. The topological polar surface area (TPSA) is 50.7 Å². The summed E-state index contributed by atoms with van der Waals surface area (Å²) in [6, 6.07) is 4.10. The Kier molecular flexibility index (Phi) is 2.28. The molecule has 0 aliphatic carbocycles. The molecule has 3 rings (SSSR count). The number of aromatic nitrogens is 3. The Labute approximate surface area is 100 Å². The second kappa shape index (κ2) is 3.80. The van der Waals surface area contributed by atoms with E-state index < -0.39 is 0 Å². The quantitative estimate of drug-likeness (QED) is 0.809. The van der Waals surface area contributed by atoms with Crippen molar-refractivity contribution in [1.82, 2.24) is 15.0 Å². The van der Waals surface area contributed by atoms with Crippen LogP contribution in [0.1, 0.15) is 24.5 Å². The van der Waals surface area contributed by atoms with Crippen LogP contribution in [0, 0.1) is 0 Å². The van der Waals surface area contributed by atoms with Gasteiger partial charge in [0.2, 0.25) is 0 Å². The first-order valence-electron chi connectivity index (χ1n) is 5.75. The van der Waals surface area contributed by atoms with Crippen molar-refractivity contribution in [2.24, 2.45) is 0 Å². The number of aryl methyl sites for hydroxylation is 1. The molecule has 3 heterocycles. The lowest BCUT2D eigenvalue weighted by Crippen LogP contribution is -2.36. The number of pyridine rings is 1. The van der Waals surface area contributed by atoms with Gasteiger partial charge in [0, 0.05) is 24.2 Å². The fourth-order valence-corrected chi connectivity index (χ4v) is 2.26. The maximum Gasteiger partial charge on any atom is 0.129 e. The fraction of sp³-hybridized carbons (Fsp3) is 0.308. The van der Waals surface area contributed by atoms with E-state index in [0.29, 0.717) is 0 Å². The van der Waals surface area contributed by atoms with Gasteiger partial charge >= 0.3 is 0 Å². The normalized spacial score (nSPS) is 22.6. The van der Waals surface area contributed by atoms with Crippen LogP contribution in [0.25, 0.3) is 0 Å². The summed E-state index contributed by atoms with van der Waals surface area (Å²) in [5, 5.41) is 3.50. The van der Waals surface area contributed by atoms with Gasteiger partial charge in [-0.3, -0.25) is 0 Å². The molecule has 17 heavy (non-hydrogen) atoms. The Morgan fingerprint density at radius 1 is 1.29 bits per heavy atom. The Bertz CT molecular complexity index is 526. The zero-order chi connectivity index (χ0) is 11.7. The van der Waals surface area contributed by atoms with Crippen molar-refractivity contribution in [1.29, 1.82) is 0 Å². The summed E-state index contributed by atoms with van der Waals surface area (Å²) in [6.07, 6.45) is 9.17. The number of hydrogen-bond acceptors (Lipinski definition) is 4. The zero-order valence-electron chi connectivity index (χ0n) is 9.72. The third-order valence-electron chi connectivity index (χ3n) is 3.38. The van der Waals surface area contributed by atoms with Crippen LogP contribution in [-0.4, -0.2) is 15.0 Å². The van der Waals surface area contributed by atoms with Gasteiger partial charge in [0.15, 0.2) is 0 Å². The van der Waals surface area contributed by atoms with Gasteiger partial charge in [-0.25, -0.2) is 15.0 Å². The lowest BCUT2D eigenvalue weighted by molar-refractivity contribution is 0.473. The van der Waals surface area contributed by atoms with E-state index in [0.717, 1.165) is 24.2 Å². The molecule has 0 saturated carbocycles. The van der Waals surface area contributed by atoms with E-state index in [1.165, 1.54) is 5.56 Å². The molecular weight excluding hydrogens is 212 g/mol. The number of anilines is 1. The summed E-state index contributed by atoms with van der Waals surface area (Å²) in [7, 11) is 0. The van der Waals surface area contributed by atoms with Gasteiger partial charge in [-0.2, -0.15) is 0 Å². The van der Waals surface area contributed by atoms with E-state index in [1.54, 1.807) is 6.33 Å². The van der Waals surface area contributed by atoms with Crippen LogP contribution >= 0.6 is 0 Å². The van der Waals surface area contributed by atoms with E-state index >= 15 is 0 Å². The molecule has 4 heteroatoms. The Hall–Kier alpha value is -1.97. The molecule has 2 aromatic rings. The summed E-state index contributed by atoms with van der Waals surface area (Å²) in [5.41, 5.74) is 2.26. The lowest BCUT2D eigenvalue weighted by atomic mass is 9.84. The first kappa shape index (κ1) is 10.2. The molecule has 0 spiro atoms. The first-order chi connectivity index (χ1) is 8.28. The van der Waals surface area contributed by atoms with Crippen LogP contribution in [0.5, 0.6) is 0 Å². The van der Waals surface area contributed by atoms with E-state index in [9.17, 15) is 0 Å². The first-order valence-corrected chi connectivity index (χ1v) is 5.75. The zero-order valence-corrected chi connectivity index (χ0v) is 9.72. The van der Waals surface area contributed by atoms with Crippen LogP contribution in [0.15, 0.2) is 37.1 Å². The molecule has 4 nitrogen and oxygen atoms in total. The third kappa shape index (κ3) is 1.75. The number of rotatable bonds is 1. The Balaban J connectivity index is 1.98. The summed E-state index contributed by atoms with van der Waals surface area (Å²) >= 11 is 0. The highest BCUT2D eigenvalue weighted by Crippen LogP contribution is 2.35. The molecule has 0 bridgehead atoms.